The Labute approximate surface area is 95.6 Å². The third-order valence-corrected chi connectivity index (χ3v) is 2.39. The molecule has 0 aliphatic rings. The molecule has 0 fully saturated rings. The van der Waals surface area contributed by atoms with Crippen molar-refractivity contribution in [2.45, 2.75) is 39.0 Å². The fourth-order valence-corrected chi connectivity index (χ4v) is 1.34. The summed E-state index contributed by atoms with van der Waals surface area (Å²) in [6.07, 6.45) is 2.28. The third-order valence-electron chi connectivity index (χ3n) is 2.20. The Bertz CT molecular complexity index is 288. The highest BCUT2D eigenvalue weighted by atomic mass is 35.5. The molecular weight excluding hydrogens is 214 g/mol. The Hall–Kier alpha value is -0.770. The summed E-state index contributed by atoms with van der Waals surface area (Å²) in [5.74, 6) is 0.488. The third kappa shape index (κ3) is 3.38. The Morgan fingerprint density at radius 2 is 2.13 bits per heavy atom. The standard InChI is InChI=1S/C10H18ClN3O/c1-4-6-7-14(5-2)10-13-12-9(15-10)8(3)11/h8H,4-7H2,1-3H3. The van der Waals surface area contributed by atoms with E-state index in [2.05, 4.69) is 28.9 Å². The maximum Gasteiger partial charge on any atom is 0.318 e. The average molecular weight is 232 g/mol. The Balaban J connectivity index is 2.65. The maximum atomic E-state index is 5.85. The second-order valence-electron chi connectivity index (χ2n) is 3.47. The number of anilines is 1. The topological polar surface area (TPSA) is 42.2 Å². The van der Waals surface area contributed by atoms with Gasteiger partial charge in [-0.25, -0.2) is 0 Å². The van der Waals surface area contributed by atoms with Gasteiger partial charge in [-0.3, -0.25) is 0 Å². The largest absolute Gasteiger partial charge is 0.406 e. The van der Waals surface area contributed by atoms with Crippen molar-refractivity contribution in [1.82, 2.24) is 10.2 Å². The number of unbranched alkanes of at least 4 members (excludes halogenated alkanes) is 1. The zero-order valence-electron chi connectivity index (χ0n) is 9.53. The van der Waals surface area contributed by atoms with E-state index in [-0.39, 0.29) is 5.38 Å². The van der Waals surface area contributed by atoms with Gasteiger partial charge in [0, 0.05) is 13.1 Å². The molecule has 1 aromatic heterocycles. The van der Waals surface area contributed by atoms with E-state index in [9.17, 15) is 0 Å². The van der Waals surface area contributed by atoms with Gasteiger partial charge >= 0.3 is 6.01 Å². The van der Waals surface area contributed by atoms with Gasteiger partial charge < -0.3 is 9.32 Å². The molecule has 1 heterocycles. The molecule has 0 saturated heterocycles. The molecule has 1 aromatic rings. The van der Waals surface area contributed by atoms with Gasteiger partial charge in [-0.2, -0.15) is 0 Å². The highest BCUT2D eigenvalue weighted by molar-refractivity contribution is 6.20. The van der Waals surface area contributed by atoms with E-state index in [4.69, 9.17) is 16.0 Å². The van der Waals surface area contributed by atoms with Crippen LogP contribution < -0.4 is 4.90 Å². The molecule has 0 radical (unpaired) electrons. The summed E-state index contributed by atoms with van der Waals surface area (Å²) >= 11 is 5.85. The molecule has 0 amide bonds. The molecule has 0 aromatic carbocycles. The zero-order chi connectivity index (χ0) is 11.3. The van der Waals surface area contributed by atoms with Crippen LogP contribution in [0.3, 0.4) is 0 Å². The fraction of sp³-hybridized carbons (Fsp3) is 0.800. The molecule has 0 saturated carbocycles. The predicted octanol–water partition coefficient (Wildman–Crippen LogP) is 3.00. The second kappa shape index (κ2) is 5.95. The number of aromatic nitrogens is 2. The SMILES string of the molecule is CCCCN(CC)c1nnc(C(C)Cl)o1. The maximum absolute atomic E-state index is 5.85. The molecule has 1 unspecified atom stereocenters. The first-order valence-corrected chi connectivity index (χ1v) is 5.85. The highest BCUT2D eigenvalue weighted by Gasteiger charge is 2.15. The van der Waals surface area contributed by atoms with Crippen molar-refractivity contribution in [3.63, 3.8) is 0 Å². The zero-order valence-corrected chi connectivity index (χ0v) is 10.3. The van der Waals surface area contributed by atoms with E-state index in [1.165, 1.54) is 0 Å². The number of halogens is 1. The van der Waals surface area contributed by atoms with E-state index >= 15 is 0 Å². The monoisotopic (exact) mass is 231 g/mol. The first-order chi connectivity index (χ1) is 7.19. The fourth-order valence-electron chi connectivity index (χ4n) is 1.25. The normalized spacial score (nSPS) is 12.8. The van der Waals surface area contributed by atoms with Crippen LogP contribution in [0.1, 0.15) is 44.9 Å². The molecule has 5 heteroatoms. The van der Waals surface area contributed by atoms with Gasteiger partial charge in [-0.15, -0.1) is 16.7 Å². The minimum Gasteiger partial charge on any atom is -0.406 e. The van der Waals surface area contributed by atoms with Crippen LogP contribution in [0.2, 0.25) is 0 Å². The van der Waals surface area contributed by atoms with Crippen molar-refractivity contribution in [3.8, 4) is 0 Å². The highest BCUT2D eigenvalue weighted by Crippen LogP contribution is 2.21. The number of alkyl halides is 1. The predicted molar refractivity (Wildman–Crippen MR) is 61.4 cm³/mol. The summed E-state index contributed by atoms with van der Waals surface area (Å²) in [4.78, 5) is 2.07. The Morgan fingerprint density at radius 1 is 1.40 bits per heavy atom. The number of hydrogen-bond donors (Lipinski definition) is 0. The lowest BCUT2D eigenvalue weighted by Gasteiger charge is -2.16. The number of hydrogen-bond acceptors (Lipinski definition) is 4. The molecule has 1 rings (SSSR count). The summed E-state index contributed by atoms with van der Waals surface area (Å²) < 4.78 is 5.47. The van der Waals surface area contributed by atoms with Crippen molar-refractivity contribution in [2.75, 3.05) is 18.0 Å². The first kappa shape index (κ1) is 12.3. The molecule has 86 valence electrons. The lowest BCUT2D eigenvalue weighted by molar-refractivity contribution is 0.482. The second-order valence-corrected chi connectivity index (χ2v) is 4.13. The van der Waals surface area contributed by atoms with Gasteiger partial charge in [0.2, 0.25) is 5.89 Å². The van der Waals surface area contributed by atoms with Gasteiger partial charge in [0.15, 0.2) is 0 Å². The van der Waals surface area contributed by atoms with Crippen LogP contribution in [0.4, 0.5) is 6.01 Å². The molecule has 0 aliphatic carbocycles. The Kier molecular flexibility index (Phi) is 4.88. The van der Waals surface area contributed by atoms with Crippen LogP contribution in [-0.4, -0.2) is 23.3 Å². The van der Waals surface area contributed by atoms with Gasteiger partial charge in [0.1, 0.15) is 5.38 Å². The summed E-state index contributed by atoms with van der Waals surface area (Å²) in [6, 6.07) is 0.577. The molecular formula is C10H18ClN3O. The smallest absolute Gasteiger partial charge is 0.318 e. The van der Waals surface area contributed by atoms with E-state index in [1.54, 1.807) is 0 Å². The molecule has 0 bridgehead atoms. The Morgan fingerprint density at radius 3 is 2.60 bits per heavy atom. The molecule has 0 spiro atoms. The summed E-state index contributed by atoms with van der Waals surface area (Å²) in [6.45, 7) is 7.88. The molecule has 1 atom stereocenters. The van der Waals surface area contributed by atoms with Crippen molar-refractivity contribution < 1.29 is 4.42 Å². The van der Waals surface area contributed by atoms with Crippen molar-refractivity contribution >= 4 is 17.6 Å². The van der Waals surface area contributed by atoms with Crippen LogP contribution in [-0.2, 0) is 0 Å². The summed E-state index contributed by atoms with van der Waals surface area (Å²) in [5, 5.41) is 7.66. The van der Waals surface area contributed by atoms with Gasteiger partial charge in [-0.05, 0) is 20.3 Å². The van der Waals surface area contributed by atoms with Crippen LogP contribution in [0, 0.1) is 0 Å². The molecule has 0 N–H and O–H groups in total. The quantitative estimate of drug-likeness (QED) is 0.706. The van der Waals surface area contributed by atoms with E-state index in [0.29, 0.717) is 11.9 Å². The van der Waals surface area contributed by atoms with Crippen molar-refractivity contribution in [2.24, 2.45) is 0 Å². The van der Waals surface area contributed by atoms with Gasteiger partial charge in [-0.1, -0.05) is 18.4 Å². The average Bonchev–Trinajstić information content (AvgIpc) is 2.68. The van der Waals surface area contributed by atoms with E-state index in [1.807, 2.05) is 6.92 Å². The first-order valence-electron chi connectivity index (χ1n) is 5.41. The van der Waals surface area contributed by atoms with Crippen molar-refractivity contribution in [3.05, 3.63) is 5.89 Å². The molecule has 15 heavy (non-hydrogen) atoms. The van der Waals surface area contributed by atoms with Crippen LogP contribution in [0.5, 0.6) is 0 Å². The lowest BCUT2D eigenvalue weighted by atomic mass is 10.3. The van der Waals surface area contributed by atoms with Crippen molar-refractivity contribution in [1.29, 1.82) is 0 Å². The van der Waals surface area contributed by atoms with Crippen LogP contribution in [0.15, 0.2) is 4.42 Å². The number of nitrogens with zero attached hydrogens (tertiary/aromatic N) is 3. The van der Waals surface area contributed by atoms with E-state index in [0.717, 1.165) is 25.9 Å². The van der Waals surface area contributed by atoms with Crippen LogP contribution in [0.25, 0.3) is 0 Å². The molecule has 0 aliphatic heterocycles. The summed E-state index contributed by atoms with van der Waals surface area (Å²) in [5.41, 5.74) is 0. The van der Waals surface area contributed by atoms with Gasteiger partial charge in [0.25, 0.3) is 0 Å². The minimum atomic E-state index is -0.226. The lowest BCUT2D eigenvalue weighted by Crippen LogP contribution is -2.24. The van der Waals surface area contributed by atoms with Crippen LogP contribution >= 0.6 is 11.6 Å². The minimum absolute atomic E-state index is 0.226. The summed E-state index contributed by atoms with van der Waals surface area (Å²) in [7, 11) is 0. The molecule has 4 nitrogen and oxygen atoms in total. The van der Waals surface area contributed by atoms with Gasteiger partial charge in [0.05, 0.1) is 0 Å². The van der Waals surface area contributed by atoms with E-state index < -0.39 is 0 Å². The number of rotatable bonds is 6.